The molecule has 0 atom stereocenters. The molecule has 3 rings (SSSR count). The van der Waals surface area contributed by atoms with Crippen molar-refractivity contribution < 1.29 is 4.79 Å². The molecule has 19 heavy (non-hydrogen) atoms. The van der Waals surface area contributed by atoms with E-state index in [0.717, 1.165) is 15.9 Å². The molecular formula is C14H13N3OS. The van der Waals surface area contributed by atoms with Crippen molar-refractivity contribution in [2.45, 2.75) is 13.8 Å². The number of thiazole rings is 1. The highest BCUT2D eigenvalue weighted by molar-refractivity contribution is 7.12. The third kappa shape index (κ3) is 1.96. The number of aromatic nitrogens is 3. The predicted octanol–water partition coefficient (Wildman–Crippen LogP) is 3.32. The van der Waals surface area contributed by atoms with Crippen LogP contribution in [0.4, 0.5) is 0 Å². The molecule has 0 saturated carbocycles. The summed E-state index contributed by atoms with van der Waals surface area (Å²) in [6.45, 7) is 3.78. The minimum Gasteiger partial charge on any atom is -0.292 e. The van der Waals surface area contributed by atoms with E-state index in [0.29, 0.717) is 5.69 Å². The molecule has 1 aromatic carbocycles. The van der Waals surface area contributed by atoms with Gasteiger partial charge in [0, 0.05) is 11.3 Å². The number of Topliss-reactive ketones (excluding diaryl/α,β-unsaturated/α-hetero) is 1. The fourth-order valence-corrected chi connectivity index (χ4v) is 2.59. The average molecular weight is 271 g/mol. The van der Waals surface area contributed by atoms with Crippen LogP contribution in [-0.4, -0.2) is 20.5 Å². The van der Waals surface area contributed by atoms with E-state index in [9.17, 15) is 4.79 Å². The first kappa shape index (κ1) is 12.0. The van der Waals surface area contributed by atoms with Gasteiger partial charge in [-0.15, -0.1) is 11.3 Å². The second-order valence-electron chi connectivity index (χ2n) is 4.64. The quantitative estimate of drug-likeness (QED) is 0.686. The van der Waals surface area contributed by atoms with Crippen LogP contribution < -0.4 is 0 Å². The van der Waals surface area contributed by atoms with E-state index in [-0.39, 0.29) is 11.7 Å². The zero-order chi connectivity index (χ0) is 13.4. The molecule has 0 aliphatic rings. The molecule has 2 heterocycles. The fraction of sp³-hybridized carbons (Fsp3) is 0.214. The number of fused-ring (bicyclic) bond motifs is 1. The Morgan fingerprint density at radius 3 is 2.79 bits per heavy atom. The lowest BCUT2D eigenvalue weighted by Crippen LogP contribution is -2.09. The molecule has 3 aromatic rings. The normalized spacial score (nSPS) is 11.3. The van der Waals surface area contributed by atoms with Crippen LogP contribution in [0, 0.1) is 5.92 Å². The molecule has 0 radical (unpaired) electrons. The third-order valence-corrected chi connectivity index (χ3v) is 3.72. The monoisotopic (exact) mass is 271 g/mol. The van der Waals surface area contributed by atoms with E-state index >= 15 is 0 Å². The lowest BCUT2D eigenvalue weighted by Gasteiger charge is -1.99. The van der Waals surface area contributed by atoms with Crippen molar-refractivity contribution in [2.24, 2.45) is 5.92 Å². The second kappa shape index (κ2) is 4.59. The summed E-state index contributed by atoms with van der Waals surface area (Å²) in [4.78, 5) is 16.3. The molecule has 0 unspecified atom stereocenters. The number of nitrogens with zero attached hydrogens (tertiary/aromatic N) is 3. The molecule has 0 aliphatic heterocycles. The summed E-state index contributed by atoms with van der Waals surface area (Å²) in [5.74, 6) is 0.00711. The van der Waals surface area contributed by atoms with Crippen LogP contribution >= 0.6 is 11.3 Å². The third-order valence-electron chi connectivity index (χ3n) is 2.97. The number of ketones is 1. The number of carbonyl (C=O) groups is 1. The number of benzene rings is 1. The number of para-hydroxylation sites is 1. The Morgan fingerprint density at radius 1 is 1.32 bits per heavy atom. The first-order valence-electron chi connectivity index (χ1n) is 6.09. The summed E-state index contributed by atoms with van der Waals surface area (Å²) in [5, 5.41) is 6.30. The summed E-state index contributed by atoms with van der Waals surface area (Å²) >= 11 is 1.50. The molecule has 2 aromatic heterocycles. The van der Waals surface area contributed by atoms with Gasteiger partial charge in [0.05, 0.1) is 17.2 Å². The van der Waals surface area contributed by atoms with Crippen molar-refractivity contribution in [2.75, 3.05) is 0 Å². The Labute approximate surface area is 114 Å². The molecule has 0 aliphatic carbocycles. The summed E-state index contributed by atoms with van der Waals surface area (Å²) in [6.07, 6.45) is 1.76. The van der Waals surface area contributed by atoms with Gasteiger partial charge in [-0.3, -0.25) is 9.78 Å². The molecular weight excluding hydrogens is 258 g/mol. The van der Waals surface area contributed by atoms with Gasteiger partial charge in [0.1, 0.15) is 10.7 Å². The zero-order valence-corrected chi connectivity index (χ0v) is 11.5. The van der Waals surface area contributed by atoms with Gasteiger partial charge in [-0.25, -0.2) is 4.68 Å². The van der Waals surface area contributed by atoms with Crippen molar-refractivity contribution >= 4 is 28.0 Å². The Bertz CT molecular complexity index is 728. The van der Waals surface area contributed by atoms with Crippen molar-refractivity contribution in [1.82, 2.24) is 14.8 Å². The molecule has 4 nitrogen and oxygen atoms in total. The highest BCUT2D eigenvalue weighted by Crippen LogP contribution is 2.25. The maximum Gasteiger partial charge on any atom is 0.186 e. The van der Waals surface area contributed by atoms with Crippen LogP contribution in [0.5, 0.6) is 0 Å². The van der Waals surface area contributed by atoms with Crippen molar-refractivity contribution in [1.29, 1.82) is 0 Å². The molecule has 0 spiro atoms. The second-order valence-corrected chi connectivity index (χ2v) is 5.50. The van der Waals surface area contributed by atoms with E-state index in [1.807, 2.05) is 38.1 Å². The number of hydrogen-bond acceptors (Lipinski definition) is 4. The maximum atomic E-state index is 12.3. The van der Waals surface area contributed by atoms with Gasteiger partial charge in [0.15, 0.2) is 5.78 Å². The molecule has 96 valence electrons. The molecule has 0 fully saturated rings. The van der Waals surface area contributed by atoms with Gasteiger partial charge in [-0.05, 0) is 6.07 Å². The summed E-state index contributed by atoms with van der Waals surface area (Å²) in [6, 6.07) is 7.79. The van der Waals surface area contributed by atoms with Gasteiger partial charge >= 0.3 is 0 Å². The van der Waals surface area contributed by atoms with Gasteiger partial charge in [-0.1, -0.05) is 32.0 Å². The Balaban J connectivity index is 2.28. The summed E-state index contributed by atoms with van der Waals surface area (Å²) in [7, 11) is 0. The predicted molar refractivity (Wildman–Crippen MR) is 75.9 cm³/mol. The molecule has 0 bridgehead atoms. The van der Waals surface area contributed by atoms with E-state index < -0.39 is 0 Å². The van der Waals surface area contributed by atoms with Gasteiger partial charge in [-0.2, -0.15) is 5.10 Å². The molecule has 0 N–H and O–H groups in total. The van der Waals surface area contributed by atoms with Crippen molar-refractivity contribution in [3.8, 4) is 5.00 Å². The lowest BCUT2D eigenvalue weighted by atomic mass is 10.0. The smallest absolute Gasteiger partial charge is 0.186 e. The summed E-state index contributed by atoms with van der Waals surface area (Å²) in [5.41, 5.74) is 3.24. The Kier molecular flexibility index (Phi) is 2.91. The number of carbonyl (C=O) groups excluding carboxylic acids is 1. The Morgan fingerprint density at radius 2 is 2.11 bits per heavy atom. The standard InChI is InChI=1S/C14H13N3OS/c1-9(2)14(18)13-10-5-3-4-6-11(10)17(16-13)12-7-15-8-19-12/h3-9H,1-2H3. The molecule has 0 saturated heterocycles. The number of hydrogen-bond donors (Lipinski definition) is 0. The largest absolute Gasteiger partial charge is 0.292 e. The lowest BCUT2D eigenvalue weighted by molar-refractivity contribution is 0.0935. The SMILES string of the molecule is CC(C)C(=O)c1nn(-c2cncs2)c2ccccc12. The first-order chi connectivity index (χ1) is 9.18. The molecule has 5 heteroatoms. The van der Waals surface area contributed by atoms with Gasteiger partial charge in [0.2, 0.25) is 0 Å². The number of rotatable bonds is 3. The van der Waals surface area contributed by atoms with E-state index in [1.54, 1.807) is 16.4 Å². The Hall–Kier alpha value is -2.01. The highest BCUT2D eigenvalue weighted by atomic mass is 32.1. The van der Waals surface area contributed by atoms with Crippen molar-refractivity contribution in [3.63, 3.8) is 0 Å². The van der Waals surface area contributed by atoms with Crippen LogP contribution in [0.15, 0.2) is 36.0 Å². The summed E-state index contributed by atoms with van der Waals surface area (Å²) < 4.78 is 1.79. The minimum atomic E-state index is -0.0618. The first-order valence-corrected chi connectivity index (χ1v) is 6.97. The van der Waals surface area contributed by atoms with Gasteiger partial charge < -0.3 is 0 Å². The zero-order valence-electron chi connectivity index (χ0n) is 10.7. The average Bonchev–Trinajstić information content (AvgIpc) is 3.04. The molecule has 0 amide bonds. The van der Waals surface area contributed by atoms with E-state index in [2.05, 4.69) is 10.1 Å². The highest BCUT2D eigenvalue weighted by Gasteiger charge is 2.20. The fourth-order valence-electron chi connectivity index (χ4n) is 2.00. The van der Waals surface area contributed by atoms with Crippen LogP contribution in [0.2, 0.25) is 0 Å². The topological polar surface area (TPSA) is 47.8 Å². The van der Waals surface area contributed by atoms with Crippen LogP contribution in [0.3, 0.4) is 0 Å². The van der Waals surface area contributed by atoms with E-state index in [1.165, 1.54) is 11.3 Å². The van der Waals surface area contributed by atoms with Crippen LogP contribution in [0.25, 0.3) is 15.9 Å². The van der Waals surface area contributed by atoms with Crippen LogP contribution in [0.1, 0.15) is 24.3 Å². The van der Waals surface area contributed by atoms with Crippen molar-refractivity contribution in [3.05, 3.63) is 41.7 Å². The van der Waals surface area contributed by atoms with Gasteiger partial charge in [0.25, 0.3) is 0 Å². The minimum absolute atomic E-state index is 0.0618. The van der Waals surface area contributed by atoms with Crippen LogP contribution in [-0.2, 0) is 0 Å². The van der Waals surface area contributed by atoms with E-state index in [4.69, 9.17) is 0 Å². The maximum absolute atomic E-state index is 12.3.